The molecule has 0 spiro atoms. The van der Waals surface area contributed by atoms with Gasteiger partial charge in [0.1, 0.15) is 19.3 Å². The lowest BCUT2D eigenvalue weighted by molar-refractivity contribution is -0.161. The van der Waals surface area contributed by atoms with Crippen molar-refractivity contribution in [2.24, 2.45) is 0 Å². The van der Waals surface area contributed by atoms with Crippen LogP contribution in [0.1, 0.15) is 272 Å². The van der Waals surface area contributed by atoms with E-state index in [1.54, 1.807) is 0 Å². The van der Waals surface area contributed by atoms with Crippen molar-refractivity contribution in [3.05, 3.63) is 182 Å². The number of phosphoric acid groups is 2. The Hall–Kier alpha value is -5.84. The van der Waals surface area contributed by atoms with Crippen LogP contribution < -0.4 is 0 Å². The fraction of sp³-hybridized carbons (Fsp3) is 0.600. The number of carbonyl (C=O) groups excluding carboxylic acids is 4. The van der Waals surface area contributed by atoms with Crippen molar-refractivity contribution >= 4 is 39.5 Å². The maximum Gasteiger partial charge on any atom is 0.472 e. The van der Waals surface area contributed by atoms with Crippen molar-refractivity contribution in [2.75, 3.05) is 39.6 Å². The zero-order valence-electron chi connectivity index (χ0n) is 64.1. The van der Waals surface area contributed by atoms with Gasteiger partial charge in [-0.15, -0.1) is 0 Å². The Balaban J connectivity index is 5.47. The molecule has 0 saturated heterocycles. The Morgan fingerprint density at radius 1 is 0.279 bits per heavy atom. The molecule has 0 aliphatic carbocycles. The van der Waals surface area contributed by atoms with E-state index in [1.165, 1.54) is 6.42 Å². The number of aliphatic hydroxyl groups excluding tert-OH is 1. The van der Waals surface area contributed by atoms with E-state index in [0.29, 0.717) is 25.7 Å². The smallest absolute Gasteiger partial charge is 0.462 e. The monoisotopic (exact) mass is 1490 g/mol. The fourth-order valence-corrected chi connectivity index (χ4v) is 11.1. The lowest BCUT2D eigenvalue weighted by atomic mass is 10.1. The predicted molar refractivity (Wildman–Crippen MR) is 426 cm³/mol. The molecule has 0 radical (unpaired) electrons. The summed E-state index contributed by atoms with van der Waals surface area (Å²) in [6, 6.07) is 0. The summed E-state index contributed by atoms with van der Waals surface area (Å²) in [5.41, 5.74) is 0. The van der Waals surface area contributed by atoms with Crippen LogP contribution in [0, 0.1) is 0 Å². The fourth-order valence-electron chi connectivity index (χ4n) is 9.48. The molecule has 588 valence electrons. The molecule has 17 nitrogen and oxygen atoms in total. The normalized spacial score (nSPS) is 14.9. The summed E-state index contributed by atoms with van der Waals surface area (Å²) in [4.78, 5) is 72.9. The molecule has 0 heterocycles. The summed E-state index contributed by atoms with van der Waals surface area (Å²) in [5, 5.41) is 10.6. The van der Waals surface area contributed by atoms with Gasteiger partial charge in [-0.2, -0.15) is 0 Å². The van der Waals surface area contributed by atoms with E-state index in [-0.39, 0.29) is 25.7 Å². The maximum atomic E-state index is 13.1. The third-order valence-electron chi connectivity index (χ3n) is 15.3. The van der Waals surface area contributed by atoms with Crippen molar-refractivity contribution in [3.63, 3.8) is 0 Å². The lowest BCUT2D eigenvalue weighted by Crippen LogP contribution is -2.30. The Bertz CT molecular complexity index is 2690. The molecule has 5 unspecified atom stereocenters. The van der Waals surface area contributed by atoms with Gasteiger partial charge in [0.15, 0.2) is 12.2 Å². The van der Waals surface area contributed by atoms with E-state index in [9.17, 15) is 43.2 Å². The van der Waals surface area contributed by atoms with Crippen LogP contribution in [0.2, 0.25) is 0 Å². The summed E-state index contributed by atoms with van der Waals surface area (Å²) in [5.74, 6) is -2.33. The van der Waals surface area contributed by atoms with Crippen LogP contribution in [0.15, 0.2) is 182 Å². The standard InChI is InChI=1S/C85H136O17P2/c1-5-9-13-17-21-25-29-32-35-37-39-41-44-47-51-54-58-62-66-70-83(88)96-76-81(102-85(90)72-68-64-60-56-52-48-45-42-40-38-36-33-30-26-22-18-14-10-6-2)78-100-104(93,94)98-74-79(86)73-97-103(91,92)99-77-80(101-84(89)71-67-63-59-55-49-28-24-20-16-12-8-4)75-95-82(87)69-65-61-57-53-50-46-43-34-31-27-23-19-15-11-7-3/h9-11,13-15,20-27,32-36,39-43,47-48,50-53,79-81,86H,5-8,12,16-19,28-31,37-38,44-46,49,54-78H2,1-4H3,(H,91,92)(H,93,94)/b13-9-,14-10-,15-11-,24-20-,25-21-,26-22-,27-23-,35-32-,36-33-,41-39-,42-40-,43-34-,51-47-,52-48-,53-50-. The van der Waals surface area contributed by atoms with Crippen LogP contribution in [-0.2, 0) is 65.4 Å². The first-order valence-electron chi connectivity index (χ1n) is 39.0. The number of hydrogen-bond acceptors (Lipinski definition) is 15. The van der Waals surface area contributed by atoms with Crippen LogP contribution in [0.3, 0.4) is 0 Å². The first-order chi connectivity index (χ1) is 50.7. The molecule has 5 atom stereocenters. The topological polar surface area (TPSA) is 237 Å². The van der Waals surface area contributed by atoms with Gasteiger partial charge in [0.05, 0.1) is 26.4 Å². The highest BCUT2D eigenvalue weighted by Gasteiger charge is 2.30. The molecule has 0 aromatic carbocycles. The van der Waals surface area contributed by atoms with Crippen LogP contribution in [-0.4, -0.2) is 96.7 Å². The van der Waals surface area contributed by atoms with Gasteiger partial charge in [-0.1, -0.05) is 255 Å². The Labute approximate surface area is 628 Å². The van der Waals surface area contributed by atoms with Gasteiger partial charge in [0, 0.05) is 25.7 Å². The average Bonchev–Trinajstić information content (AvgIpc) is 0.928. The molecule has 3 N–H and O–H groups in total. The number of ether oxygens (including phenoxy) is 4. The Kier molecular flexibility index (Phi) is 71.2. The number of phosphoric ester groups is 2. The molecule has 0 saturated carbocycles. The summed E-state index contributed by atoms with van der Waals surface area (Å²) < 4.78 is 68.4. The summed E-state index contributed by atoms with van der Waals surface area (Å²) in [7, 11) is -10.0. The highest BCUT2D eigenvalue weighted by Crippen LogP contribution is 2.45. The molecule has 0 bridgehead atoms. The maximum absolute atomic E-state index is 13.1. The Morgan fingerprint density at radius 2 is 0.500 bits per heavy atom. The number of esters is 4. The SMILES string of the molecule is CC/C=C\C/C=C\C/C=C\C/C=C\C/C=C\CCCCCC(=O)OCC(COP(=O)(O)OCC(O)COP(=O)(O)OCC(COC(=O)CCCC/C=C\C/C=C\C/C=C\C/C=C\CC)OC(=O)CCCCCCC/C=C\CCCC)OC(=O)CCCCC/C=C\C/C=C\C/C=C\C/C=C\C/C=C\CC. The van der Waals surface area contributed by atoms with Crippen LogP contribution in [0.25, 0.3) is 0 Å². The van der Waals surface area contributed by atoms with E-state index in [1.807, 2.05) is 0 Å². The minimum Gasteiger partial charge on any atom is -0.462 e. The molecule has 104 heavy (non-hydrogen) atoms. The van der Waals surface area contributed by atoms with E-state index in [2.05, 4.69) is 210 Å². The highest BCUT2D eigenvalue weighted by molar-refractivity contribution is 7.47. The first kappa shape index (κ1) is 98.2. The number of aliphatic hydroxyl groups is 1. The molecular weight excluding hydrogens is 1350 g/mol. The molecular formula is C85H136O17P2. The third-order valence-corrected chi connectivity index (χ3v) is 17.2. The molecule has 19 heteroatoms. The van der Waals surface area contributed by atoms with Gasteiger partial charge < -0.3 is 33.8 Å². The number of carbonyl (C=O) groups is 4. The molecule has 0 aromatic heterocycles. The number of hydrogen-bond donors (Lipinski definition) is 3. The number of rotatable bonds is 71. The van der Waals surface area contributed by atoms with E-state index in [0.717, 1.165) is 186 Å². The van der Waals surface area contributed by atoms with Gasteiger partial charge in [-0.25, -0.2) is 9.13 Å². The van der Waals surface area contributed by atoms with Gasteiger partial charge >= 0.3 is 39.5 Å². The van der Waals surface area contributed by atoms with Gasteiger partial charge in [0.25, 0.3) is 0 Å². The quantitative estimate of drug-likeness (QED) is 0.0169. The molecule has 0 amide bonds. The molecule has 0 aromatic rings. The van der Waals surface area contributed by atoms with Crippen molar-refractivity contribution < 1.29 is 80.2 Å². The predicted octanol–water partition coefficient (Wildman–Crippen LogP) is 22.8. The second kappa shape index (κ2) is 75.4. The summed E-state index contributed by atoms with van der Waals surface area (Å²) in [6.07, 6.45) is 90.3. The van der Waals surface area contributed by atoms with Crippen LogP contribution in [0.5, 0.6) is 0 Å². The Morgan fingerprint density at radius 3 is 0.808 bits per heavy atom. The number of allylic oxidation sites excluding steroid dienone is 30. The van der Waals surface area contributed by atoms with Crippen molar-refractivity contribution in [3.8, 4) is 0 Å². The van der Waals surface area contributed by atoms with Gasteiger partial charge in [-0.05, 0) is 173 Å². The van der Waals surface area contributed by atoms with Gasteiger partial charge in [-0.3, -0.25) is 37.3 Å². The van der Waals surface area contributed by atoms with Crippen molar-refractivity contribution in [1.82, 2.24) is 0 Å². The summed E-state index contributed by atoms with van der Waals surface area (Å²) >= 11 is 0. The van der Waals surface area contributed by atoms with E-state index >= 15 is 0 Å². The minimum atomic E-state index is -5.01. The second-order valence-corrected chi connectivity index (χ2v) is 28.1. The zero-order valence-corrected chi connectivity index (χ0v) is 65.9. The van der Waals surface area contributed by atoms with Crippen molar-refractivity contribution in [2.45, 2.75) is 290 Å². The van der Waals surface area contributed by atoms with Crippen LogP contribution >= 0.6 is 15.6 Å². The minimum absolute atomic E-state index is 0.0395. The van der Waals surface area contributed by atoms with Gasteiger partial charge in [0.2, 0.25) is 0 Å². The molecule has 0 rings (SSSR count). The van der Waals surface area contributed by atoms with Crippen molar-refractivity contribution in [1.29, 1.82) is 0 Å². The largest absolute Gasteiger partial charge is 0.472 e. The third kappa shape index (κ3) is 74.4. The highest BCUT2D eigenvalue weighted by atomic mass is 31.2. The molecule has 0 fully saturated rings. The summed E-state index contributed by atoms with van der Waals surface area (Å²) in [6.45, 7) is 4.32. The van der Waals surface area contributed by atoms with Crippen LogP contribution in [0.4, 0.5) is 0 Å². The average molecular weight is 1490 g/mol. The molecule has 0 aliphatic heterocycles. The molecule has 0 aliphatic rings. The lowest BCUT2D eigenvalue weighted by Gasteiger charge is -2.21. The first-order valence-corrected chi connectivity index (χ1v) is 42.0. The van der Waals surface area contributed by atoms with E-state index < -0.39 is 97.5 Å². The van der Waals surface area contributed by atoms with E-state index in [4.69, 9.17) is 37.0 Å². The second-order valence-electron chi connectivity index (χ2n) is 25.1. The number of unbranched alkanes of at least 4 members (excludes halogenated alkanes) is 15. The zero-order chi connectivity index (χ0) is 76.0.